The molecule has 0 heterocycles. The monoisotopic (exact) mass is 208 g/mol. The molecular weight excluding hydrogens is 192 g/mol. The van der Waals surface area contributed by atoms with Gasteiger partial charge in [-0.15, -0.1) is 0 Å². The molecule has 0 saturated heterocycles. The van der Waals surface area contributed by atoms with Gasteiger partial charge in [-0.3, -0.25) is 0 Å². The number of amidine groups is 1. The molecule has 1 aromatic carbocycles. The molecule has 0 aliphatic heterocycles. The van der Waals surface area contributed by atoms with E-state index in [4.69, 9.17) is 15.7 Å². The Kier molecular flexibility index (Phi) is 3.97. The first kappa shape index (κ1) is 11.4. The highest BCUT2D eigenvalue weighted by molar-refractivity contribution is 5.82. The molecule has 1 aromatic rings. The van der Waals surface area contributed by atoms with Crippen molar-refractivity contribution in [1.82, 2.24) is 0 Å². The van der Waals surface area contributed by atoms with E-state index in [0.29, 0.717) is 6.42 Å². The molecule has 82 valence electrons. The van der Waals surface area contributed by atoms with Gasteiger partial charge in [-0.1, -0.05) is 24.2 Å². The molecule has 15 heavy (non-hydrogen) atoms. The van der Waals surface area contributed by atoms with Gasteiger partial charge in [0.15, 0.2) is 0 Å². The summed E-state index contributed by atoms with van der Waals surface area (Å²) in [4.78, 5) is 0. The van der Waals surface area contributed by atoms with E-state index in [9.17, 15) is 0 Å². The Hall–Kier alpha value is -1.71. The van der Waals surface area contributed by atoms with Crippen LogP contribution in [0.25, 0.3) is 0 Å². The molecule has 0 atom stereocenters. The van der Waals surface area contributed by atoms with Crippen molar-refractivity contribution in [1.29, 1.82) is 0 Å². The maximum atomic E-state index is 8.48. The normalized spacial score (nSPS) is 11.5. The molecule has 0 saturated carbocycles. The molecule has 0 amide bonds. The number of aryl methyl sites for hydroxylation is 1. The van der Waals surface area contributed by atoms with Crippen LogP contribution in [0.5, 0.6) is 5.75 Å². The minimum absolute atomic E-state index is 0.178. The van der Waals surface area contributed by atoms with E-state index in [-0.39, 0.29) is 5.84 Å². The van der Waals surface area contributed by atoms with Crippen LogP contribution >= 0.6 is 0 Å². The summed E-state index contributed by atoms with van der Waals surface area (Å²) in [6, 6.07) is 5.93. The molecule has 0 spiro atoms. The second-order valence-electron chi connectivity index (χ2n) is 3.27. The van der Waals surface area contributed by atoms with Crippen molar-refractivity contribution >= 4 is 5.84 Å². The average molecular weight is 208 g/mol. The lowest BCUT2D eigenvalue weighted by molar-refractivity contribution is 0.317. The summed E-state index contributed by atoms with van der Waals surface area (Å²) in [7, 11) is 1.62. The predicted octanol–water partition coefficient (Wildman–Crippen LogP) is 1.55. The Balaban J connectivity index is 2.97. The first-order valence-corrected chi connectivity index (χ1v) is 4.83. The number of benzene rings is 1. The summed E-state index contributed by atoms with van der Waals surface area (Å²) >= 11 is 0. The standard InChI is InChI=1S/C11H16N2O2/c1-3-8-4-5-9(7-11(12)13-14)10(6-8)15-2/h4-6,14H,3,7H2,1-2H3,(H2,12,13). The van der Waals surface area contributed by atoms with Gasteiger partial charge in [-0.2, -0.15) is 0 Å². The molecular formula is C11H16N2O2. The lowest BCUT2D eigenvalue weighted by atomic mass is 10.1. The van der Waals surface area contributed by atoms with Crippen molar-refractivity contribution in [3.63, 3.8) is 0 Å². The van der Waals surface area contributed by atoms with Crippen LogP contribution in [0.15, 0.2) is 23.4 Å². The molecule has 0 radical (unpaired) electrons. The van der Waals surface area contributed by atoms with E-state index in [1.165, 1.54) is 5.56 Å². The number of methoxy groups -OCH3 is 1. The van der Waals surface area contributed by atoms with Gasteiger partial charge in [0.2, 0.25) is 0 Å². The summed E-state index contributed by atoms with van der Waals surface area (Å²) in [6.45, 7) is 2.08. The first-order valence-electron chi connectivity index (χ1n) is 4.83. The van der Waals surface area contributed by atoms with Gasteiger partial charge in [0.25, 0.3) is 0 Å². The molecule has 0 aliphatic carbocycles. The number of oxime groups is 1. The quantitative estimate of drug-likeness (QED) is 0.341. The predicted molar refractivity (Wildman–Crippen MR) is 59.5 cm³/mol. The SMILES string of the molecule is CCc1ccc(C/C(N)=N/O)c(OC)c1. The van der Waals surface area contributed by atoms with Crippen LogP contribution in [0.1, 0.15) is 18.1 Å². The highest BCUT2D eigenvalue weighted by atomic mass is 16.5. The highest BCUT2D eigenvalue weighted by Gasteiger charge is 2.05. The number of rotatable bonds is 4. The van der Waals surface area contributed by atoms with Crippen LogP contribution in [0.4, 0.5) is 0 Å². The maximum Gasteiger partial charge on any atom is 0.143 e. The van der Waals surface area contributed by atoms with E-state index >= 15 is 0 Å². The Morgan fingerprint density at radius 3 is 2.80 bits per heavy atom. The zero-order chi connectivity index (χ0) is 11.3. The number of hydrogen-bond acceptors (Lipinski definition) is 3. The fourth-order valence-electron chi connectivity index (χ4n) is 1.39. The second-order valence-corrected chi connectivity index (χ2v) is 3.27. The fraction of sp³-hybridized carbons (Fsp3) is 0.364. The van der Waals surface area contributed by atoms with Crippen LogP contribution in [-0.2, 0) is 12.8 Å². The van der Waals surface area contributed by atoms with Crippen molar-refractivity contribution in [3.05, 3.63) is 29.3 Å². The number of hydrogen-bond donors (Lipinski definition) is 2. The summed E-state index contributed by atoms with van der Waals surface area (Å²) in [5.41, 5.74) is 7.57. The van der Waals surface area contributed by atoms with Gasteiger partial charge in [-0.05, 0) is 18.1 Å². The van der Waals surface area contributed by atoms with E-state index in [1.807, 2.05) is 18.2 Å². The van der Waals surface area contributed by atoms with Gasteiger partial charge in [-0.25, -0.2) is 0 Å². The van der Waals surface area contributed by atoms with E-state index in [2.05, 4.69) is 12.1 Å². The second kappa shape index (κ2) is 5.24. The van der Waals surface area contributed by atoms with Crippen LogP contribution in [0, 0.1) is 0 Å². The van der Waals surface area contributed by atoms with Gasteiger partial charge < -0.3 is 15.7 Å². The molecule has 1 rings (SSSR count). The first-order chi connectivity index (χ1) is 7.21. The lowest BCUT2D eigenvalue weighted by Crippen LogP contribution is -2.15. The fourth-order valence-corrected chi connectivity index (χ4v) is 1.39. The highest BCUT2D eigenvalue weighted by Crippen LogP contribution is 2.21. The molecule has 3 N–H and O–H groups in total. The molecule has 0 fully saturated rings. The third-order valence-corrected chi connectivity index (χ3v) is 2.26. The van der Waals surface area contributed by atoms with Gasteiger partial charge >= 0.3 is 0 Å². The van der Waals surface area contributed by atoms with Crippen LogP contribution in [-0.4, -0.2) is 18.2 Å². The molecule has 0 unspecified atom stereocenters. The Morgan fingerprint density at radius 1 is 1.53 bits per heavy atom. The summed E-state index contributed by atoms with van der Waals surface area (Å²) in [6.07, 6.45) is 1.35. The third kappa shape index (κ3) is 2.87. The van der Waals surface area contributed by atoms with Crippen LogP contribution in [0.3, 0.4) is 0 Å². The van der Waals surface area contributed by atoms with Crippen LogP contribution in [0.2, 0.25) is 0 Å². The van der Waals surface area contributed by atoms with E-state index in [1.54, 1.807) is 7.11 Å². The smallest absolute Gasteiger partial charge is 0.143 e. The molecule has 0 aromatic heterocycles. The van der Waals surface area contributed by atoms with Crippen molar-refractivity contribution < 1.29 is 9.94 Å². The van der Waals surface area contributed by atoms with Gasteiger partial charge in [0.1, 0.15) is 11.6 Å². The summed E-state index contributed by atoms with van der Waals surface area (Å²) < 4.78 is 5.24. The largest absolute Gasteiger partial charge is 0.496 e. The van der Waals surface area contributed by atoms with E-state index < -0.39 is 0 Å². The molecule has 4 nitrogen and oxygen atoms in total. The van der Waals surface area contributed by atoms with Crippen molar-refractivity contribution in [3.8, 4) is 5.75 Å². The van der Waals surface area contributed by atoms with Gasteiger partial charge in [0.05, 0.1) is 7.11 Å². The summed E-state index contributed by atoms with van der Waals surface area (Å²) in [5.74, 6) is 0.957. The molecule has 0 bridgehead atoms. The Morgan fingerprint density at radius 2 is 2.27 bits per heavy atom. The third-order valence-electron chi connectivity index (χ3n) is 2.26. The zero-order valence-corrected chi connectivity index (χ0v) is 9.03. The van der Waals surface area contributed by atoms with Crippen LogP contribution < -0.4 is 10.5 Å². The molecule has 4 heteroatoms. The number of nitrogens with two attached hydrogens (primary N) is 1. The van der Waals surface area contributed by atoms with Gasteiger partial charge in [0, 0.05) is 12.0 Å². The van der Waals surface area contributed by atoms with Crippen molar-refractivity contribution in [2.75, 3.05) is 7.11 Å². The number of nitrogens with zero attached hydrogens (tertiary/aromatic N) is 1. The average Bonchev–Trinajstić information content (AvgIpc) is 2.29. The zero-order valence-electron chi connectivity index (χ0n) is 9.03. The van der Waals surface area contributed by atoms with Crippen molar-refractivity contribution in [2.45, 2.75) is 19.8 Å². The topological polar surface area (TPSA) is 67.8 Å². The van der Waals surface area contributed by atoms with Crippen molar-refractivity contribution in [2.24, 2.45) is 10.9 Å². The minimum atomic E-state index is 0.178. The Bertz CT molecular complexity index is 362. The summed E-state index contributed by atoms with van der Waals surface area (Å²) in [5, 5.41) is 11.4. The molecule has 0 aliphatic rings. The van der Waals surface area contributed by atoms with E-state index in [0.717, 1.165) is 17.7 Å². The Labute approximate surface area is 89.4 Å². The minimum Gasteiger partial charge on any atom is -0.496 e. The number of ether oxygens (including phenoxy) is 1. The lowest BCUT2D eigenvalue weighted by Gasteiger charge is -2.09. The maximum absolute atomic E-state index is 8.48.